The van der Waals surface area contributed by atoms with E-state index in [4.69, 9.17) is 4.74 Å². The maximum Gasteiger partial charge on any atom is 0.414 e. The lowest BCUT2D eigenvalue weighted by molar-refractivity contribution is -0.119. The van der Waals surface area contributed by atoms with Crippen molar-refractivity contribution in [3.63, 3.8) is 0 Å². The van der Waals surface area contributed by atoms with E-state index < -0.39 is 29.1 Å². The summed E-state index contributed by atoms with van der Waals surface area (Å²) in [6, 6.07) is 4.33. The lowest BCUT2D eigenvalue weighted by Gasteiger charge is -2.14. The number of aromatic nitrogens is 2. The van der Waals surface area contributed by atoms with Crippen molar-refractivity contribution in [2.24, 2.45) is 0 Å². The van der Waals surface area contributed by atoms with E-state index in [-0.39, 0.29) is 30.4 Å². The van der Waals surface area contributed by atoms with Gasteiger partial charge in [-0.05, 0) is 29.3 Å². The van der Waals surface area contributed by atoms with Gasteiger partial charge in [-0.25, -0.2) is 9.18 Å². The van der Waals surface area contributed by atoms with Gasteiger partial charge in [0.15, 0.2) is 5.01 Å². The Morgan fingerprint density at radius 1 is 1.47 bits per heavy atom. The van der Waals surface area contributed by atoms with Gasteiger partial charge in [-0.15, -0.1) is 10.2 Å². The second kappa shape index (κ2) is 10.0. The number of nitrogens with zero attached hydrogens (tertiary/aromatic N) is 3. The summed E-state index contributed by atoms with van der Waals surface area (Å²) in [7, 11) is 0. The summed E-state index contributed by atoms with van der Waals surface area (Å²) in [6.07, 6.45) is -0.658. The molecule has 0 bridgehead atoms. The quantitative estimate of drug-likeness (QED) is 0.417. The number of hydrogen-bond donors (Lipinski definition) is 2. The fraction of sp³-hybridized carbons (Fsp3) is 0.412. The molecule has 13 heteroatoms. The lowest BCUT2D eigenvalue weighted by Crippen LogP contribution is -2.33. The van der Waals surface area contributed by atoms with E-state index in [1.54, 1.807) is 6.07 Å². The van der Waals surface area contributed by atoms with Crippen LogP contribution in [0.15, 0.2) is 18.2 Å². The number of carbonyl (C=O) groups is 2. The largest absolute Gasteiger partial charge is 0.771 e. The number of nitrogens with one attached hydrogen (secondary N) is 2. The van der Waals surface area contributed by atoms with Crippen LogP contribution in [-0.2, 0) is 27.0 Å². The molecule has 1 aromatic heterocycles. The van der Waals surface area contributed by atoms with E-state index in [9.17, 15) is 22.7 Å². The Morgan fingerprint density at radius 3 is 2.97 bits per heavy atom. The van der Waals surface area contributed by atoms with Crippen molar-refractivity contribution in [2.45, 2.75) is 19.4 Å². The fourth-order valence-electron chi connectivity index (χ4n) is 2.76. The molecule has 2 amide bonds. The molecule has 1 aliphatic heterocycles. The van der Waals surface area contributed by atoms with E-state index in [0.29, 0.717) is 28.7 Å². The van der Waals surface area contributed by atoms with Gasteiger partial charge in [0.05, 0.1) is 24.7 Å². The van der Waals surface area contributed by atoms with Gasteiger partial charge in [-0.3, -0.25) is 13.9 Å². The topological polar surface area (TPSA) is 137 Å². The normalized spacial score (nSPS) is 17.1. The minimum absolute atomic E-state index is 0.146. The molecule has 1 fully saturated rings. The van der Waals surface area contributed by atoms with Gasteiger partial charge >= 0.3 is 6.09 Å². The standard InChI is InChI=1S/C17H20FN5O5S2/c1-10(24)20-7-12-8-23(17(25)28-12)11-2-3-13(14(18)6-11)16-22-21-15(29-16)4-5-19-9-30(26)27/h2-3,6,12,19H,4-5,7-9H2,1H3,(H,20,24)(H,26,27)/p-1/t12-/m0/s1. The average Bonchev–Trinajstić information content (AvgIpc) is 3.30. The van der Waals surface area contributed by atoms with Gasteiger partial charge in [0, 0.05) is 25.5 Å². The van der Waals surface area contributed by atoms with Crippen LogP contribution in [0.3, 0.4) is 0 Å². The van der Waals surface area contributed by atoms with Gasteiger partial charge in [0.1, 0.15) is 16.9 Å². The van der Waals surface area contributed by atoms with E-state index in [2.05, 4.69) is 20.8 Å². The number of benzene rings is 1. The van der Waals surface area contributed by atoms with Gasteiger partial charge < -0.3 is 19.9 Å². The van der Waals surface area contributed by atoms with Crippen LogP contribution in [0.25, 0.3) is 10.6 Å². The van der Waals surface area contributed by atoms with E-state index in [0.717, 1.165) is 0 Å². The summed E-state index contributed by atoms with van der Waals surface area (Å²) in [5.74, 6) is -0.938. The van der Waals surface area contributed by atoms with E-state index in [1.165, 1.54) is 35.3 Å². The van der Waals surface area contributed by atoms with Crippen LogP contribution in [0.5, 0.6) is 0 Å². The third kappa shape index (κ3) is 5.78. The molecule has 0 aliphatic carbocycles. The molecule has 1 saturated heterocycles. The SMILES string of the molecule is CC(=O)NC[C@H]1CN(c2ccc(-c3nnc(CCNCS(=O)[O-])s3)c(F)c2)C(=O)O1. The highest BCUT2D eigenvalue weighted by molar-refractivity contribution is 7.79. The third-order valence-electron chi connectivity index (χ3n) is 4.15. The first-order valence-electron chi connectivity index (χ1n) is 8.95. The monoisotopic (exact) mass is 456 g/mol. The van der Waals surface area contributed by atoms with Crippen LogP contribution in [-0.4, -0.2) is 62.6 Å². The molecule has 1 unspecified atom stereocenters. The van der Waals surface area contributed by atoms with Gasteiger partial charge in [0.2, 0.25) is 5.91 Å². The number of carbonyl (C=O) groups excluding carboxylic acids is 2. The van der Waals surface area contributed by atoms with Gasteiger partial charge in [-0.1, -0.05) is 11.3 Å². The summed E-state index contributed by atoms with van der Waals surface area (Å²) >= 11 is -0.956. The molecule has 0 radical (unpaired) electrons. The smallest absolute Gasteiger partial charge is 0.414 e. The first kappa shape index (κ1) is 22.2. The Kier molecular flexibility index (Phi) is 7.42. The zero-order valence-electron chi connectivity index (χ0n) is 15.9. The maximum atomic E-state index is 14.7. The van der Waals surface area contributed by atoms with Gasteiger partial charge in [0.25, 0.3) is 0 Å². The highest BCUT2D eigenvalue weighted by Gasteiger charge is 2.32. The molecule has 1 aliphatic rings. The number of anilines is 1. The Labute approximate surface area is 178 Å². The summed E-state index contributed by atoms with van der Waals surface area (Å²) < 4.78 is 40.8. The minimum atomic E-state index is -2.16. The minimum Gasteiger partial charge on any atom is -0.771 e. The average molecular weight is 457 g/mol. The number of rotatable bonds is 9. The summed E-state index contributed by atoms with van der Waals surface area (Å²) in [6.45, 7) is 2.15. The van der Waals surface area contributed by atoms with Gasteiger partial charge in [-0.2, -0.15) is 0 Å². The summed E-state index contributed by atoms with van der Waals surface area (Å²) in [4.78, 5) is 24.4. The lowest BCUT2D eigenvalue weighted by atomic mass is 10.2. The van der Waals surface area contributed by atoms with Crippen molar-refractivity contribution in [1.29, 1.82) is 0 Å². The van der Waals surface area contributed by atoms with Crippen LogP contribution in [0.1, 0.15) is 11.9 Å². The van der Waals surface area contributed by atoms with Crippen molar-refractivity contribution in [3.05, 3.63) is 29.0 Å². The Balaban J connectivity index is 1.64. The Morgan fingerprint density at radius 2 is 2.27 bits per heavy atom. The number of amides is 2. The van der Waals surface area contributed by atoms with Crippen molar-refractivity contribution < 1.29 is 27.5 Å². The summed E-state index contributed by atoms with van der Waals surface area (Å²) in [5, 5.41) is 14.3. The predicted molar refractivity (Wildman–Crippen MR) is 107 cm³/mol. The third-order valence-corrected chi connectivity index (χ3v) is 5.61. The van der Waals surface area contributed by atoms with Crippen molar-refractivity contribution in [3.8, 4) is 10.6 Å². The molecule has 2 N–H and O–H groups in total. The number of hydrogen-bond acceptors (Lipinski definition) is 9. The molecular formula is C17H19FN5O5S2-. The van der Waals surface area contributed by atoms with E-state index >= 15 is 0 Å². The first-order valence-corrected chi connectivity index (χ1v) is 11.0. The first-order chi connectivity index (χ1) is 14.3. The molecule has 162 valence electrons. The van der Waals surface area contributed by atoms with E-state index in [1.807, 2.05) is 0 Å². The molecule has 0 saturated carbocycles. The number of ether oxygens (including phenoxy) is 1. The molecule has 1 aromatic carbocycles. The second-order valence-corrected chi connectivity index (χ2v) is 8.37. The summed E-state index contributed by atoms with van der Waals surface area (Å²) in [5.41, 5.74) is 0.588. The highest BCUT2D eigenvalue weighted by atomic mass is 32.2. The molecule has 30 heavy (non-hydrogen) atoms. The molecule has 2 aromatic rings. The van der Waals surface area contributed by atoms with Crippen LogP contribution in [0.4, 0.5) is 14.9 Å². The number of cyclic esters (lactones) is 1. The van der Waals surface area contributed by atoms with Crippen LogP contribution >= 0.6 is 11.3 Å². The molecule has 10 nitrogen and oxygen atoms in total. The Hall–Kier alpha value is -2.48. The molecular weight excluding hydrogens is 437 g/mol. The Bertz CT molecular complexity index is 956. The zero-order valence-corrected chi connectivity index (χ0v) is 17.6. The second-order valence-electron chi connectivity index (χ2n) is 6.42. The molecule has 0 spiro atoms. The molecule has 3 rings (SSSR count). The maximum absolute atomic E-state index is 14.7. The fourth-order valence-corrected chi connectivity index (χ4v) is 3.93. The van der Waals surface area contributed by atoms with Crippen molar-refractivity contribution in [1.82, 2.24) is 20.8 Å². The highest BCUT2D eigenvalue weighted by Crippen LogP contribution is 2.30. The number of halogens is 1. The molecule has 2 atom stereocenters. The van der Waals surface area contributed by atoms with Crippen molar-refractivity contribution >= 4 is 40.1 Å². The van der Waals surface area contributed by atoms with Crippen LogP contribution < -0.4 is 15.5 Å². The zero-order chi connectivity index (χ0) is 21.7. The molecule has 2 heterocycles. The predicted octanol–water partition coefficient (Wildman–Crippen LogP) is 0.774. The van der Waals surface area contributed by atoms with Crippen LogP contribution in [0, 0.1) is 5.82 Å². The van der Waals surface area contributed by atoms with Crippen LogP contribution in [0.2, 0.25) is 0 Å². The van der Waals surface area contributed by atoms with Crippen molar-refractivity contribution in [2.75, 3.05) is 30.4 Å².